The zero-order valence-corrected chi connectivity index (χ0v) is 13.1. The number of ketones is 1. The lowest BCUT2D eigenvalue weighted by molar-refractivity contribution is -0.134. The number of amides is 1. The van der Waals surface area contributed by atoms with Crippen molar-refractivity contribution < 1.29 is 24.6 Å². The molecule has 0 atom stereocenters. The fourth-order valence-electron chi connectivity index (χ4n) is 2.42. The number of nitrogens with zero attached hydrogens (tertiary/aromatic N) is 1. The van der Waals surface area contributed by atoms with Crippen LogP contribution in [0, 0.1) is 0 Å². The Morgan fingerprint density at radius 3 is 2.12 bits per heavy atom. The zero-order chi connectivity index (χ0) is 17.7. The summed E-state index contributed by atoms with van der Waals surface area (Å²) in [7, 11) is 0. The van der Waals surface area contributed by atoms with Gasteiger partial charge in [0.05, 0.1) is 16.9 Å². The lowest BCUT2D eigenvalue weighted by atomic mass is 10.1. The Morgan fingerprint density at radius 2 is 1.54 bits per heavy atom. The third-order valence-electron chi connectivity index (χ3n) is 3.49. The van der Waals surface area contributed by atoms with E-state index in [0.717, 1.165) is 11.8 Å². The van der Waals surface area contributed by atoms with Gasteiger partial charge in [0.15, 0.2) is 0 Å². The maximum atomic E-state index is 12.5. The van der Waals surface area contributed by atoms with Gasteiger partial charge >= 0.3 is 5.97 Å². The second kappa shape index (κ2) is 7.52. The summed E-state index contributed by atoms with van der Waals surface area (Å²) >= 11 is 0. The van der Waals surface area contributed by atoms with Crippen molar-refractivity contribution in [3.05, 3.63) is 59.7 Å². The maximum absolute atomic E-state index is 12.5. The fraction of sp³-hybridized carbons (Fsp3) is 0.167. The number of benzene rings is 2. The minimum Gasteiger partial charge on any atom is -0.478 e. The second-order valence-corrected chi connectivity index (χ2v) is 5.12. The van der Waals surface area contributed by atoms with Crippen molar-refractivity contribution in [1.29, 1.82) is 0 Å². The normalized spacial score (nSPS) is 10.2. The lowest BCUT2D eigenvalue weighted by Gasteiger charge is -2.25. The summed E-state index contributed by atoms with van der Waals surface area (Å²) in [5.41, 5.74) is 1.02. The number of aromatic carboxylic acids is 1. The highest BCUT2D eigenvalue weighted by Crippen LogP contribution is 2.32. The molecule has 1 amide bonds. The van der Waals surface area contributed by atoms with Gasteiger partial charge in [-0.05, 0) is 30.2 Å². The molecule has 6 nitrogen and oxygen atoms in total. The van der Waals surface area contributed by atoms with Crippen LogP contribution < -0.4 is 4.90 Å². The van der Waals surface area contributed by atoms with E-state index in [2.05, 4.69) is 0 Å². The zero-order valence-electron chi connectivity index (χ0n) is 13.1. The van der Waals surface area contributed by atoms with Crippen LogP contribution in [-0.4, -0.2) is 34.5 Å². The maximum Gasteiger partial charge on any atom is 0.337 e. The van der Waals surface area contributed by atoms with Crippen LogP contribution in [-0.2, 0) is 16.0 Å². The van der Waals surface area contributed by atoms with Gasteiger partial charge in [-0.1, -0.05) is 30.3 Å². The molecule has 0 fully saturated rings. The number of carboxylic acid groups (broad SMARTS) is 1. The topological polar surface area (TPSA) is 94.9 Å². The fourth-order valence-corrected chi connectivity index (χ4v) is 2.42. The minimum atomic E-state index is -1.20. The summed E-state index contributed by atoms with van der Waals surface area (Å²) in [5, 5.41) is 18.6. The number of para-hydroxylation sites is 2. The van der Waals surface area contributed by atoms with Crippen LogP contribution in [0.3, 0.4) is 0 Å². The highest BCUT2D eigenvalue weighted by Gasteiger charge is 2.27. The number of hydrogen-bond donors (Lipinski definition) is 2. The van der Waals surface area contributed by atoms with E-state index in [4.69, 9.17) is 0 Å². The number of rotatable bonds is 6. The molecule has 124 valence electrons. The Labute approximate surface area is 139 Å². The Morgan fingerprint density at radius 1 is 0.958 bits per heavy atom. The van der Waals surface area contributed by atoms with E-state index in [1.54, 1.807) is 36.4 Å². The van der Waals surface area contributed by atoms with Crippen molar-refractivity contribution in [1.82, 2.24) is 0 Å². The Kier molecular flexibility index (Phi) is 5.44. The first-order valence-corrected chi connectivity index (χ1v) is 7.33. The molecule has 0 saturated heterocycles. The van der Waals surface area contributed by atoms with E-state index in [9.17, 15) is 24.6 Å². The number of Topliss-reactive ketones (excluding diaryl/α,β-unsaturated/α-hetero) is 1. The SMILES string of the molecule is CC(=O)C(=O)N(c1ccccc1CCO)c1ccccc1C(=O)O. The van der Waals surface area contributed by atoms with Crippen molar-refractivity contribution in [2.45, 2.75) is 13.3 Å². The van der Waals surface area contributed by atoms with Gasteiger partial charge in [-0.15, -0.1) is 0 Å². The molecule has 0 saturated carbocycles. The minimum absolute atomic E-state index is 0.0918. The van der Waals surface area contributed by atoms with Crippen LogP contribution in [0.1, 0.15) is 22.8 Å². The Bertz CT molecular complexity index is 784. The molecule has 0 aliphatic rings. The van der Waals surface area contributed by atoms with Crippen LogP contribution in [0.25, 0.3) is 0 Å². The standard InChI is InChI=1S/C18H17NO5/c1-12(21)17(22)19(15-8-4-2-6-13(15)10-11-20)16-9-5-3-7-14(16)18(23)24/h2-9,20H,10-11H2,1H3,(H,23,24). The average Bonchev–Trinajstić information content (AvgIpc) is 2.57. The second-order valence-electron chi connectivity index (χ2n) is 5.12. The molecule has 2 aromatic carbocycles. The quantitative estimate of drug-likeness (QED) is 0.793. The van der Waals surface area contributed by atoms with Gasteiger partial charge in [0.1, 0.15) is 0 Å². The molecule has 2 aromatic rings. The monoisotopic (exact) mass is 327 g/mol. The van der Waals surface area contributed by atoms with Crippen LogP contribution >= 0.6 is 0 Å². The summed E-state index contributed by atoms with van der Waals surface area (Å²) < 4.78 is 0. The smallest absolute Gasteiger partial charge is 0.337 e. The molecule has 0 aliphatic heterocycles. The molecule has 0 aromatic heterocycles. The van der Waals surface area contributed by atoms with Gasteiger partial charge in [0.25, 0.3) is 5.91 Å². The highest BCUT2D eigenvalue weighted by molar-refractivity contribution is 6.42. The van der Waals surface area contributed by atoms with E-state index >= 15 is 0 Å². The largest absolute Gasteiger partial charge is 0.478 e. The molecule has 0 heterocycles. The van der Waals surface area contributed by atoms with Gasteiger partial charge in [0.2, 0.25) is 5.78 Å². The molecule has 0 bridgehead atoms. The number of carboxylic acids is 1. The number of anilines is 2. The molecule has 6 heteroatoms. The third-order valence-corrected chi connectivity index (χ3v) is 3.49. The van der Waals surface area contributed by atoms with E-state index < -0.39 is 17.7 Å². The lowest BCUT2D eigenvalue weighted by Crippen LogP contribution is -2.33. The third kappa shape index (κ3) is 3.49. The van der Waals surface area contributed by atoms with Crippen LogP contribution in [0.4, 0.5) is 11.4 Å². The summed E-state index contributed by atoms with van der Waals surface area (Å²) in [6, 6.07) is 12.7. The van der Waals surface area contributed by atoms with E-state index in [0.29, 0.717) is 11.3 Å². The molecule has 2 N–H and O–H groups in total. The molecular formula is C18H17NO5. The Hall–Kier alpha value is -2.99. The van der Waals surface area contributed by atoms with Gasteiger partial charge in [-0.3, -0.25) is 14.5 Å². The van der Waals surface area contributed by atoms with Crippen molar-refractivity contribution in [3.8, 4) is 0 Å². The first-order chi connectivity index (χ1) is 11.5. The number of hydrogen-bond acceptors (Lipinski definition) is 4. The summed E-state index contributed by atoms with van der Waals surface area (Å²) in [5.74, 6) is -2.75. The molecule has 0 unspecified atom stereocenters. The Balaban J connectivity index is 2.71. The predicted molar refractivity (Wildman–Crippen MR) is 88.5 cm³/mol. The van der Waals surface area contributed by atoms with Gasteiger partial charge in [-0.25, -0.2) is 4.79 Å². The van der Waals surface area contributed by atoms with Gasteiger partial charge in [-0.2, -0.15) is 0 Å². The van der Waals surface area contributed by atoms with Gasteiger partial charge < -0.3 is 10.2 Å². The van der Waals surface area contributed by atoms with Crippen LogP contribution in [0.2, 0.25) is 0 Å². The summed E-state index contributed by atoms with van der Waals surface area (Å²) in [4.78, 5) is 36.8. The molecule has 24 heavy (non-hydrogen) atoms. The molecule has 0 radical (unpaired) electrons. The average molecular weight is 327 g/mol. The number of carbonyl (C=O) groups is 3. The van der Waals surface area contributed by atoms with E-state index in [-0.39, 0.29) is 24.3 Å². The number of aliphatic hydroxyl groups excluding tert-OH is 1. The number of carbonyl (C=O) groups excluding carboxylic acids is 2. The summed E-state index contributed by atoms with van der Waals surface area (Å²) in [6.45, 7) is 0.993. The molecule has 0 aliphatic carbocycles. The van der Waals surface area contributed by atoms with Crippen molar-refractivity contribution in [3.63, 3.8) is 0 Å². The van der Waals surface area contributed by atoms with Crippen LogP contribution in [0.5, 0.6) is 0 Å². The van der Waals surface area contributed by atoms with Crippen molar-refractivity contribution in [2.24, 2.45) is 0 Å². The van der Waals surface area contributed by atoms with Crippen molar-refractivity contribution >= 4 is 29.0 Å². The highest BCUT2D eigenvalue weighted by atomic mass is 16.4. The van der Waals surface area contributed by atoms with Crippen LogP contribution in [0.15, 0.2) is 48.5 Å². The van der Waals surface area contributed by atoms with Gasteiger partial charge in [0, 0.05) is 13.5 Å². The molecule has 2 rings (SSSR count). The van der Waals surface area contributed by atoms with E-state index in [1.165, 1.54) is 12.1 Å². The summed E-state index contributed by atoms with van der Waals surface area (Å²) in [6.07, 6.45) is 0.271. The predicted octanol–water partition coefficient (Wildman–Crippen LogP) is 2.17. The van der Waals surface area contributed by atoms with Crippen molar-refractivity contribution in [2.75, 3.05) is 11.5 Å². The number of aliphatic hydroxyl groups is 1. The molecular weight excluding hydrogens is 310 g/mol. The molecule has 0 spiro atoms. The first-order valence-electron chi connectivity index (χ1n) is 7.33. The first kappa shape index (κ1) is 17.4. The van der Waals surface area contributed by atoms with E-state index in [1.807, 2.05) is 0 Å².